The minimum atomic E-state index is -0.763. The predicted octanol–water partition coefficient (Wildman–Crippen LogP) is 6.20. The molecule has 0 aromatic carbocycles. The average molecular weight is 650 g/mol. The van der Waals surface area contributed by atoms with E-state index < -0.39 is 35.8 Å². The number of nitrogens with zero attached hydrogens (tertiary/aromatic N) is 1. The van der Waals surface area contributed by atoms with Crippen LogP contribution in [0.3, 0.4) is 0 Å². The quantitative estimate of drug-likeness (QED) is 0.100. The van der Waals surface area contributed by atoms with E-state index in [1.165, 1.54) is 0 Å². The molecule has 2 aliphatic heterocycles. The molecule has 0 bridgehead atoms. The lowest BCUT2D eigenvalue weighted by atomic mass is 9.74. The number of thiol groups is 1. The Balaban J connectivity index is 0.000000747. The van der Waals surface area contributed by atoms with Gasteiger partial charge < -0.3 is 29.3 Å². The molecule has 2 fully saturated rings. The van der Waals surface area contributed by atoms with Gasteiger partial charge in [0.1, 0.15) is 11.4 Å². The van der Waals surface area contributed by atoms with Crippen LogP contribution < -0.4 is 0 Å². The Labute approximate surface area is 274 Å². The standard InChI is InChI=1S/C26H48O6S.C8H19NO2/c1-9-26(8)13-21(30-18(7)24(26)28)32-22-17(6)11-15(4)10-16(5)19(27)12-20(14(2)3)31-25(29)23(22)33;1-5-8(9(3)4)6-7(2)11-10/h14-24,27-28,33H,9-13H2,1-8H3;7-8,10H,5-6H2,1-4H3/t15?,16?,17?,18?,19?,20?,21?,22-,23+,24?,26?;/m0./s1. The van der Waals surface area contributed by atoms with Gasteiger partial charge in [0, 0.05) is 24.3 Å². The van der Waals surface area contributed by atoms with Crippen molar-refractivity contribution in [1.29, 1.82) is 0 Å². The van der Waals surface area contributed by atoms with Crippen molar-refractivity contribution in [3.8, 4) is 0 Å². The number of aliphatic hydroxyl groups excluding tert-OH is 2. The number of esters is 1. The number of rotatable bonds is 9. The van der Waals surface area contributed by atoms with Gasteiger partial charge in [0.05, 0.1) is 30.5 Å². The van der Waals surface area contributed by atoms with Crippen LogP contribution in [-0.4, -0.2) is 94.6 Å². The highest BCUT2D eigenvalue weighted by Crippen LogP contribution is 2.41. The molecule has 0 aromatic heterocycles. The molecular formula is C34H67NO8S. The predicted molar refractivity (Wildman–Crippen MR) is 179 cm³/mol. The summed E-state index contributed by atoms with van der Waals surface area (Å²) in [5.41, 5.74) is -0.314. The zero-order chi connectivity index (χ0) is 33.9. The second-order valence-corrected chi connectivity index (χ2v) is 15.3. The van der Waals surface area contributed by atoms with E-state index in [1.54, 1.807) is 0 Å². The maximum atomic E-state index is 13.2. The van der Waals surface area contributed by atoms with Crippen LogP contribution in [0.25, 0.3) is 0 Å². The topological polar surface area (TPSA) is 118 Å². The molecule has 10 heteroatoms. The van der Waals surface area contributed by atoms with Gasteiger partial charge in [-0.15, -0.1) is 0 Å². The first kappa shape index (κ1) is 41.6. The number of carbonyl (C=O) groups is 1. The molecule has 0 aliphatic carbocycles. The lowest BCUT2D eigenvalue weighted by molar-refractivity contribution is -0.276. The molecule has 262 valence electrons. The third-order valence-corrected chi connectivity index (χ3v) is 10.6. The van der Waals surface area contributed by atoms with Crippen LogP contribution in [0.2, 0.25) is 0 Å². The molecule has 2 aliphatic rings. The van der Waals surface area contributed by atoms with E-state index >= 15 is 0 Å². The van der Waals surface area contributed by atoms with E-state index in [0.29, 0.717) is 24.8 Å². The Morgan fingerprint density at radius 3 is 2.14 bits per heavy atom. The van der Waals surface area contributed by atoms with E-state index in [1.807, 2.05) is 41.8 Å². The third kappa shape index (κ3) is 12.6. The van der Waals surface area contributed by atoms with Crippen LogP contribution in [0.1, 0.15) is 114 Å². The van der Waals surface area contributed by atoms with Gasteiger partial charge >= 0.3 is 5.97 Å². The molecule has 2 saturated heterocycles. The van der Waals surface area contributed by atoms with Crippen LogP contribution in [0.4, 0.5) is 0 Å². The van der Waals surface area contributed by atoms with Crippen LogP contribution in [0.5, 0.6) is 0 Å². The van der Waals surface area contributed by atoms with Gasteiger partial charge in [0.15, 0.2) is 6.29 Å². The molecule has 0 amide bonds. The highest BCUT2D eigenvalue weighted by Gasteiger charge is 2.46. The van der Waals surface area contributed by atoms with Crippen LogP contribution >= 0.6 is 12.6 Å². The van der Waals surface area contributed by atoms with Gasteiger partial charge in [0.2, 0.25) is 0 Å². The van der Waals surface area contributed by atoms with Gasteiger partial charge in [-0.2, -0.15) is 12.6 Å². The zero-order valence-corrected chi connectivity index (χ0v) is 30.6. The van der Waals surface area contributed by atoms with Gasteiger partial charge in [-0.1, -0.05) is 55.4 Å². The van der Waals surface area contributed by atoms with Crippen molar-refractivity contribution < 1.29 is 39.4 Å². The van der Waals surface area contributed by atoms with Crippen molar-refractivity contribution in [3.63, 3.8) is 0 Å². The summed E-state index contributed by atoms with van der Waals surface area (Å²) in [5, 5.41) is 29.0. The van der Waals surface area contributed by atoms with Crippen molar-refractivity contribution in [1.82, 2.24) is 4.90 Å². The molecule has 9 nitrogen and oxygen atoms in total. The number of ether oxygens (including phenoxy) is 3. The molecule has 0 spiro atoms. The van der Waals surface area contributed by atoms with Gasteiger partial charge in [0.25, 0.3) is 0 Å². The normalized spacial score (nSPS) is 39.0. The average Bonchev–Trinajstić information content (AvgIpc) is 2.95. The second kappa shape index (κ2) is 19.4. The Morgan fingerprint density at radius 1 is 1.05 bits per heavy atom. The number of hydrogen-bond acceptors (Lipinski definition) is 10. The number of aliphatic hydroxyl groups is 2. The van der Waals surface area contributed by atoms with E-state index in [-0.39, 0.29) is 41.5 Å². The summed E-state index contributed by atoms with van der Waals surface area (Å²) in [5.74, 6) is 0.187. The SMILES string of the molecule is CCC(CC(C)OO)N(C)C.CCC1(C)CC(O[C@H]2C(C)CC(C)CC(C)C(O)CC(C(C)C)OC(=O)[C@@H]2S)OC(C)C1O. The number of carbonyl (C=O) groups excluding carboxylic acids is 1. The summed E-state index contributed by atoms with van der Waals surface area (Å²) >= 11 is 4.69. The molecule has 13 atom stereocenters. The summed E-state index contributed by atoms with van der Waals surface area (Å²) in [6.45, 7) is 20.4. The highest BCUT2D eigenvalue weighted by molar-refractivity contribution is 7.81. The van der Waals surface area contributed by atoms with Gasteiger partial charge in [-0.25, -0.2) is 4.89 Å². The first-order valence-electron chi connectivity index (χ1n) is 16.9. The van der Waals surface area contributed by atoms with Crippen LogP contribution in [0.15, 0.2) is 0 Å². The molecule has 3 N–H and O–H groups in total. The molecule has 44 heavy (non-hydrogen) atoms. The highest BCUT2D eigenvalue weighted by atomic mass is 32.1. The van der Waals surface area contributed by atoms with Gasteiger partial charge in [-0.3, -0.25) is 10.1 Å². The molecule has 11 unspecified atom stereocenters. The Morgan fingerprint density at radius 2 is 1.64 bits per heavy atom. The van der Waals surface area contributed by atoms with E-state index in [0.717, 1.165) is 32.1 Å². The minimum absolute atomic E-state index is 0.0370. The van der Waals surface area contributed by atoms with Crippen LogP contribution in [0, 0.1) is 29.1 Å². The van der Waals surface area contributed by atoms with Crippen molar-refractivity contribution in [2.24, 2.45) is 29.1 Å². The Hall–Kier alpha value is -0.460. The smallest absolute Gasteiger partial charge is 0.321 e. The lowest BCUT2D eigenvalue weighted by Gasteiger charge is -2.46. The Bertz CT molecular complexity index is 818. The van der Waals surface area contributed by atoms with E-state index in [9.17, 15) is 15.0 Å². The molecule has 0 radical (unpaired) electrons. The summed E-state index contributed by atoms with van der Waals surface area (Å²) in [4.78, 5) is 19.5. The van der Waals surface area contributed by atoms with Crippen molar-refractivity contribution in [2.45, 2.75) is 168 Å². The summed E-state index contributed by atoms with van der Waals surface area (Å²) < 4.78 is 18.4. The summed E-state index contributed by atoms with van der Waals surface area (Å²) in [7, 11) is 4.08. The fraction of sp³-hybridized carbons (Fsp3) is 0.971. The van der Waals surface area contributed by atoms with E-state index in [2.05, 4.69) is 51.3 Å². The first-order valence-corrected chi connectivity index (χ1v) is 17.4. The maximum absolute atomic E-state index is 13.2. The monoisotopic (exact) mass is 649 g/mol. The van der Waals surface area contributed by atoms with E-state index in [4.69, 9.17) is 32.1 Å². The van der Waals surface area contributed by atoms with Crippen molar-refractivity contribution in [3.05, 3.63) is 0 Å². The molecule has 2 rings (SSSR count). The number of hydrogen-bond donors (Lipinski definition) is 4. The van der Waals surface area contributed by atoms with Crippen molar-refractivity contribution >= 4 is 18.6 Å². The molecule has 0 saturated carbocycles. The first-order chi connectivity index (χ1) is 20.4. The largest absolute Gasteiger partial charge is 0.461 e. The third-order valence-electron chi connectivity index (χ3n) is 10.1. The second-order valence-electron chi connectivity index (χ2n) is 14.7. The summed E-state index contributed by atoms with van der Waals surface area (Å²) in [6.07, 6.45) is 2.61. The fourth-order valence-electron chi connectivity index (χ4n) is 6.66. The number of cyclic esters (lactones) is 1. The fourth-order valence-corrected chi connectivity index (χ4v) is 7.09. The van der Waals surface area contributed by atoms with Crippen molar-refractivity contribution in [2.75, 3.05) is 14.1 Å². The maximum Gasteiger partial charge on any atom is 0.321 e. The summed E-state index contributed by atoms with van der Waals surface area (Å²) in [6, 6.07) is 0.497. The Kier molecular flexibility index (Phi) is 18.3. The lowest BCUT2D eigenvalue weighted by Crippen LogP contribution is -2.52. The molecular weight excluding hydrogens is 582 g/mol. The van der Waals surface area contributed by atoms with Gasteiger partial charge in [-0.05, 0) is 83.7 Å². The van der Waals surface area contributed by atoms with Crippen LogP contribution in [-0.2, 0) is 23.9 Å². The molecule has 0 aromatic rings. The minimum Gasteiger partial charge on any atom is -0.461 e. The molecule has 2 heterocycles. The zero-order valence-electron chi connectivity index (χ0n) is 29.7.